The van der Waals surface area contributed by atoms with Gasteiger partial charge in [-0.3, -0.25) is 29.0 Å². The van der Waals surface area contributed by atoms with E-state index in [1.165, 1.54) is 12.1 Å². The molecule has 3 heterocycles. The third-order valence-corrected chi connectivity index (χ3v) is 9.52. The largest absolute Gasteiger partial charge is 0.405 e. The van der Waals surface area contributed by atoms with Gasteiger partial charge in [-0.15, -0.1) is 9.46 Å². The lowest BCUT2D eigenvalue weighted by Crippen LogP contribution is -2.37. The first-order chi connectivity index (χ1) is 29.5. The van der Waals surface area contributed by atoms with Gasteiger partial charge in [0.25, 0.3) is 22.9 Å². The Kier molecular flexibility index (Phi) is 20.3. The number of ether oxygens (including phenoxy) is 4. The molecule has 16 nitrogen and oxygen atoms in total. The average Bonchev–Trinajstić information content (AvgIpc) is 3.26. The predicted molar refractivity (Wildman–Crippen MR) is 225 cm³/mol. The van der Waals surface area contributed by atoms with E-state index in [1.807, 2.05) is 60.7 Å². The molecular formula is C44H58N6O10. The molecule has 2 N–H and O–H groups in total. The molecule has 1 aliphatic rings. The zero-order chi connectivity index (χ0) is 42.0. The van der Waals surface area contributed by atoms with Gasteiger partial charge >= 0.3 is 0 Å². The molecule has 0 unspecified atom stereocenters. The van der Waals surface area contributed by atoms with Crippen LogP contribution in [0.3, 0.4) is 0 Å². The smallest absolute Gasteiger partial charge is 0.283 e. The summed E-state index contributed by atoms with van der Waals surface area (Å²) in [7, 11) is 0. The summed E-state index contributed by atoms with van der Waals surface area (Å²) in [5.74, 6) is -0.773. The number of hydrogen-bond donors (Lipinski definition) is 2. The third kappa shape index (κ3) is 16.4. The van der Waals surface area contributed by atoms with Crippen molar-refractivity contribution in [3.8, 4) is 0 Å². The van der Waals surface area contributed by atoms with Crippen LogP contribution >= 0.6 is 0 Å². The highest BCUT2D eigenvalue weighted by molar-refractivity contribution is 5.92. The fourth-order valence-corrected chi connectivity index (χ4v) is 6.26. The summed E-state index contributed by atoms with van der Waals surface area (Å²) in [6.07, 6.45) is 1.37. The normalized spacial score (nSPS) is 15.6. The number of hydrogen-bond acceptors (Lipinski definition) is 12. The van der Waals surface area contributed by atoms with Gasteiger partial charge in [0, 0.05) is 51.4 Å². The minimum atomic E-state index is -0.416. The summed E-state index contributed by atoms with van der Waals surface area (Å²) in [6.45, 7) is 9.21. The van der Waals surface area contributed by atoms with Crippen molar-refractivity contribution >= 4 is 11.8 Å². The van der Waals surface area contributed by atoms with Crippen molar-refractivity contribution in [2.75, 3.05) is 105 Å². The number of benzene rings is 2. The van der Waals surface area contributed by atoms with Crippen LogP contribution in [0.15, 0.2) is 107 Å². The molecule has 4 aromatic rings. The fourth-order valence-electron chi connectivity index (χ4n) is 6.26. The summed E-state index contributed by atoms with van der Waals surface area (Å²) in [5, 5.41) is 5.83. The molecular weight excluding hydrogens is 773 g/mol. The van der Waals surface area contributed by atoms with Crippen molar-refractivity contribution < 1.29 is 38.2 Å². The fraction of sp³-hybridized carbons (Fsp3) is 0.455. The Balaban J connectivity index is 0.983. The van der Waals surface area contributed by atoms with Gasteiger partial charge in [-0.2, -0.15) is 0 Å². The first-order valence-corrected chi connectivity index (χ1v) is 20.6. The van der Waals surface area contributed by atoms with Crippen LogP contribution in [0.1, 0.15) is 44.9 Å². The second kappa shape index (κ2) is 26.7. The van der Waals surface area contributed by atoms with Crippen molar-refractivity contribution in [1.29, 1.82) is 0 Å². The van der Waals surface area contributed by atoms with Gasteiger partial charge in [-0.05, 0) is 49.2 Å². The van der Waals surface area contributed by atoms with E-state index in [1.54, 1.807) is 24.3 Å². The molecule has 0 radical (unpaired) electrons. The Morgan fingerprint density at radius 3 is 1.22 bits per heavy atom. The number of nitrogens with one attached hydrogen (secondary N) is 2. The number of carbonyl (C=O) groups is 2. The number of pyridine rings is 2. The molecule has 5 rings (SSSR count). The summed E-state index contributed by atoms with van der Waals surface area (Å²) >= 11 is 0. The number of aromatic nitrogens is 2. The van der Waals surface area contributed by atoms with Gasteiger partial charge in [0.15, 0.2) is 0 Å². The molecule has 16 heteroatoms. The van der Waals surface area contributed by atoms with E-state index in [0.29, 0.717) is 118 Å². The lowest BCUT2D eigenvalue weighted by atomic mass is 10.2. The molecule has 0 atom stereocenters. The highest BCUT2D eigenvalue weighted by Gasteiger charge is 2.16. The molecule has 0 aliphatic carbocycles. The average molecular weight is 831 g/mol. The summed E-state index contributed by atoms with van der Waals surface area (Å²) in [6, 6.07) is 27.8. The molecule has 0 spiro atoms. The summed E-state index contributed by atoms with van der Waals surface area (Å²) in [5.41, 5.74) is 1.21. The van der Waals surface area contributed by atoms with Crippen LogP contribution in [-0.4, -0.2) is 136 Å². The first-order valence-electron chi connectivity index (χ1n) is 20.6. The Bertz CT molecular complexity index is 1800. The molecule has 2 amide bonds. The van der Waals surface area contributed by atoms with Gasteiger partial charge in [0.1, 0.15) is 24.6 Å². The summed E-state index contributed by atoms with van der Waals surface area (Å²) in [4.78, 5) is 67.0. The Morgan fingerprint density at radius 1 is 0.483 bits per heavy atom. The van der Waals surface area contributed by atoms with Crippen molar-refractivity contribution in [3.63, 3.8) is 0 Å². The molecule has 2 aromatic carbocycles. The van der Waals surface area contributed by atoms with E-state index in [2.05, 4.69) is 20.4 Å². The molecule has 60 heavy (non-hydrogen) atoms. The molecule has 324 valence electrons. The minimum Gasteiger partial charge on any atom is -0.405 e. The van der Waals surface area contributed by atoms with Gasteiger partial charge in [-0.1, -0.05) is 72.8 Å². The quantitative estimate of drug-likeness (QED) is 0.158. The van der Waals surface area contributed by atoms with E-state index in [-0.39, 0.29) is 36.4 Å². The lowest BCUT2D eigenvalue weighted by Gasteiger charge is -2.24. The van der Waals surface area contributed by atoms with Gasteiger partial charge in [0.05, 0.1) is 52.9 Å². The maximum absolute atomic E-state index is 13.0. The molecule has 1 fully saturated rings. The molecule has 0 bridgehead atoms. The van der Waals surface area contributed by atoms with E-state index in [4.69, 9.17) is 28.6 Å². The Hall–Kier alpha value is -5.36. The topological polar surface area (TPSA) is 164 Å². The molecule has 0 saturated carbocycles. The maximum atomic E-state index is 13.0. The monoisotopic (exact) mass is 830 g/mol. The van der Waals surface area contributed by atoms with Crippen molar-refractivity contribution in [1.82, 2.24) is 29.9 Å². The predicted octanol–water partition coefficient (Wildman–Crippen LogP) is 1.89. The van der Waals surface area contributed by atoms with Crippen LogP contribution < -0.4 is 31.4 Å². The number of amides is 2. The Labute approximate surface area is 350 Å². The maximum Gasteiger partial charge on any atom is 0.283 e. The zero-order valence-electron chi connectivity index (χ0n) is 34.3. The van der Waals surface area contributed by atoms with Gasteiger partial charge < -0.3 is 39.3 Å². The standard InChI is InChI=1S/C44H58N6O10/c51-41-17-7-15-39(49(41)59-35-37-11-3-1-4-12-37)43(53)45-19-9-21-47-23-27-55-31-33-57-29-25-48(26-30-58-34-32-56-28-24-47)22-10-20-46-44(54)40-16-8-18-42(52)50(40)60-36-38-13-5-2-6-14-38/h1-8,11-18H,9-10,19-36H2,(H,45,53)(H,46,54). The van der Waals surface area contributed by atoms with Crippen LogP contribution in [-0.2, 0) is 32.2 Å². The van der Waals surface area contributed by atoms with Crippen LogP contribution in [0, 0.1) is 0 Å². The second-order valence-electron chi connectivity index (χ2n) is 14.0. The highest BCUT2D eigenvalue weighted by atomic mass is 16.7. The van der Waals surface area contributed by atoms with Crippen LogP contribution in [0.25, 0.3) is 0 Å². The Morgan fingerprint density at radius 2 is 0.850 bits per heavy atom. The van der Waals surface area contributed by atoms with Gasteiger partial charge in [-0.25, -0.2) is 0 Å². The SMILES string of the molecule is O=C(NCCCN1CCOCCOCCN(CCCNC(=O)c2cccc(=O)n2OCc2ccccc2)CCOCCOCC1)c1cccc(=O)n1OCc1ccccc1. The second-order valence-corrected chi connectivity index (χ2v) is 14.0. The van der Waals surface area contributed by atoms with E-state index < -0.39 is 11.1 Å². The number of rotatable bonds is 16. The lowest BCUT2D eigenvalue weighted by molar-refractivity contribution is 0.00791. The molecule has 1 aliphatic heterocycles. The number of nitrogens with zero attached hydrogens (tertiary/aromatic N) is 4. The highest BCUT2D eigenvalue weighted by Crippen LogP contribution is 2.04. The van der Waals surface area contributed by atoms with Crippen LogP contribution in [0.5, 0.6) is 0 Å². The summed E-state index contributed by atoms with van der Waals surface area (Å²) < 4.78 is 25.6. The van der Waals surface area contributed by atoms with Gasteiger partial charge in [0.2, 0.25) is 0 Å². The van der Waals surface area contributed by atoms with Crippen LogP contribution in [0.4, 0.5) is 0 Å². The van der Waals surface area contributed by atoms with Crippen molar-refractivity contribution in [2.45, 2.75) is 26.1 Å². The van der Waals surface area contributed by atoms with Crippen molar-refractivity contribution in [3.05, 3.63) is 140 Å². The molecule has 1 saturated heterocycles. The van der Waals surface area contributed by atoms with E-state index in [0.717, 1.165) is 20.6 Å². The minimum absolute atomic E-state index is 0.138. The molecule has 2 aromatic heterocycles. The van der Waals surface area contributed by atoms with E-state index >= 15 is 0 Å². The van der Waals surface area contributed by atoms with Crippen LogP contribution in [0.2, 0.25) is 0 Å². The van der Waals surface area contributed by atoms with Crippen molar-refractivity contribution in [2.24, 2.45) is 0 Å². The first kappa shape index (κ1) is 45.7. The number of carbonyl (C=O) groups excluding carboxylic acids is 2. The van der Waals surface area contributed by atoms with E-state index in [9.17, 15) is 19.2 Å². The third-order valence-electron chi connectivity index (χ3n) is 9.52. The zero-order valence-corrected chi connectivity index (χ0v) is 34.3.